The summed E-state index contributed by atoms with van der Waals surface area (Å²) >= 11 is 0. The van der Waals surface area contributed by atoms with E-state index in [2.05, 4.69) is 20.8 Å². The molecule has 0 saturated carbocycles. The Hall–Kier alpha value is -3.48. The van der Waals surface area contributed by atoms with E-state index in [4.69, 9.17) is 0 Å². The van der Waals surface area contributed by atoms with Crippen LogP contribution in [0, 0.1) is 20.8 Å². The van der Waals surface area contributed by atoms with Gasteiger partial charge in [0.25, 0.3) is 0 Å². The number of benzene rings is 1. The monoisotopic (exact) mass is 765 g/mol. The van der Waals surface area contributed by atoms with Crippen molar-refractivity contribution in [2.75, 3.05) is 0 Å². The topological polar surface area (TPSA) is 124 Å². The molecule has 3 aromatic heterocycles. The minimum Gasteiger partial charge on any atom is -1.00 e. The lowest BCUT2D eigenvalue weighted by molar-refractivity contribution is -0.690. The van der Waals surface area contributed by atoms with Crippen LogP contribution in [0.2, 0.25) is 0 Å². The van der Waals surface area contributed by atoms with Crippen molar-refractivity contribution in [3.63, 3.8) is 0 Å². The van der Waals surface area contributed by atoms with Crippen molar-refractivity contribution in [3.05, 3.63) is 124 Å². The zero-order valence-corrected chi connectivity index (χ0v) is 27.8. The SMILES string of the molecule is Cc1c(C[n+]2ccc(C(=O)O)cc2)c(C)c(C[n+]2ccc(C(=O)O)cc2)c(C)c1C[n+]1ccc(C(=O)O)cc1.[Br-].[Br-].[Br-]. The molecule has 0 aliphatic rings. The lowest BCUT2D eigenvalue weighted by Gasteiger charge is -2.19. The second-order valence-corrected chi connectivity index (χ2v) is 9.50. The Morgan fingerprint density at radius 1 is 0.476 bits per heavy atom. The summed E-state index contributed by atoms with van der Waals surface area (Å²) in [5.74, 6) is -2.94. The summed E-state index contributed by atoms with van der Waals surface area (Å²) in [6, 6.07) is 9.43. The van der Waals surface area contributed by atoms with Crippen molar-refractivity contribution in [2.24, 2.45) is 0 Å². The number of carboxylic acid groups (broad SMARTS) is 3. The Bertz CT molecular complexity index is 1370. The molecule has 42 heavy (non-hydrogen) atoms. The molecule has 3 heterocycles. The van der Waals surface area contributed by atoms with Gasteiger partial charge in [-0.3, -0.25) is 0 Å². The van der Waals surface area contributed by atoms with E-state index < -0.39 is 17.9 Å². The molecule has 9 nitrogen and oxygen atoms in total. The summed E-state index contributed by atoms with van der Waals surface area (Å²) in [5.41, 5.74) is 7.25. The maximum absolute atomic E-state index is 11.3. The van der Waals surface area contributed by atoms with E-state index in [1.165, 1.54) is 0 Å². The third-order valence-corrected chi connectivity index (χ3v) is 7.15. The highest BCUT2D eigenvalue weighted by Crippen LogP contribution is 2.27. The molecule has 0 aliphatic carbocycles. The zero-order chi connectivity index (χ0) is 28.3. The molecule has 0 spiro atoms. The maximum Gasteiger partial charge on any atom is 0.336 e. The summed E-state index contributed by atoms with van der Waals surface area (Å²) in [4.78, 5) is 33.9. The van der Waals surface area contributed by atoms with Crippen LogP contribution in [-0.4, -0.2) is 33.2 Å². The molecule has 0 unspecified atom stereocenters. The van der Waals surface area contributed by atoms with Gasteiger partial charge in [-0.05, 0) is 37.5 Å². The van der Waals surface area contributed by atoms with Gasteiger partial charge >= 0.3 is 17.9 Å². The second kappa shape index (κ2) is 15.7. The summed E-state index contributed by atoms with van der Waals surface area (Å²) in [7, 11) is 0. The van der Waals surface area contributed by atoms with Crippen LogP contribution in [0.25, 0.3) is 0 Å². The number of halogens is 3. The van der Waals surface area contributed by atoms with Crippen molar-refractivity contribution >= 4 is 17.9 Å². The van der Waals surface area contributed by atoms with Crippen molar-refractivity contribution < 1.29 is 94.3 Å². The number of aromatic nitrogens is 3. The third kappa shape index (κ3) is 8.30. The van der Waals surface area contributed by atoms with E-state index in [0.29, 0.717) is 19.6 Å². The first kappa shape index (κ1) is 36.5. The van der Waals surface area contributed by atoms with E-state index in [1.807, 2.05) is 13.7 Å². The Balaban J connectivity index is 0.00000294. The quantitative estimate of drug-likeness (QED) is 0.146. The minimum absolute atomic E-state index is 0. The van der Waals surface area contributed by atoms with Crippen LogP contribution in [0.5, 0.6) is 0 Å². The Morgan fingerprint density at radius 3 is 0.833 bits per heavy atom. The summed E-state index contributed by atoms with van der Waals surface area (Å²) in [5, 5.41) is 27.8. The van der Waals surface area contributed by atoms with E-state index in [0.717, 1.165) is 33.4 Å². The molecule has 0 aliphatic heterocycles. The fourth-order valence-electron chi connectivity index (χ4n) is 4.77. The van der Waals surface area contributed by atoms with Gasteiger partial charge in [0.15, 0.2) is 56.8 Å². The van der Waals surface area contributed by atoms with Gasteiger partial charge in [-0.1, -0.05) is 0 Å². The lowest BCUT2D eigenvalue weighted by atomic mass is 9.87. The van der Waals surface area contributed by atoms with Crippen molar-refractivity contribution in [1.82, 2.24) is 0 Å². The van der Waals surface area contributed by atoms with Gasteiger partial charge in [-0.25, -0.2) is 28.1 Å². The number of hydrogen-bond acceptors (Lipinski definition) is 3. The van der Waals surface area contributed by atoms with Gasteiger partial charge in [-0.15, -0.1) is 0 Å². The van der Waals surface area contributed by atoms with Crippen LogP contribution >= 0.6 is 0 Å². The number of nitrogens with zero attached hydrogens (tertiary/aromatic N) is 3. The molecular weight excluding hydrogens is 738 g/mol. The molecule has 0 atom stereocenters. The summed E-state index contributed by atoms with van der Waals surface area (Å²) < 4.78 is 5.82. The molecular formula is C30H30Br3N3O6. The first-order chi connectivity index (χ1) is 18.5. The van der Waals surface area contributed by atoms with E-state index in [-0.39, 0.29) is 67.6 Å². The molecule has 1 aromatic carbocycles. The van der Waals surface area contributed by atoms with Gasteiger partial charge in [0.1, 0.15) is 0 Å². The zero-order valence-electron chi connectivity index (χ0n) is 23.1. The smallest absolute Gasteiger partial charge is 0.336 e. The lowest BCUT2D eigenvalue weighted by Crippen LogP contribution is -3.00. The van der Waals surface area contributed by atoms with Crippen molar-refractivity contribution in [1.29, 1.82) is 0 Å². The van der Waals surface area contributed by atoms with Gasteiger partial charge in [0.05, 0.1) is 16.7 Å². The molecule has 0 amide bonds. The second-order valence-electron chi connectivity index (χ2n) is 9.50. The Morgan fingerprint density at radius 2 is 0.667 bits per heavy atom. The van der Waals surface area contributed by atoms with Crippen LogP contribution in [0.1, 0.15) is 64.5 Å². The number of rotatable bonds is 9. The van der Waals surface area contributed by atoms with Gasteiger partial charge in [0.2, 0.25) is 0 Å². The highest BCUT2D eigenvalue weighted by atomic mass is 79.9. The van der Waals surface area contributed by atoms with Gasteiger partial charge < -0.3 is 66.3 Å². The molecule has 4 aromatic rings. The molecule has 0 radical (unpaired) electrons. The number of carbonyl (C=O) groups is 3. The van der Waals surface area contributed by atoms with Crippen LogP contribution in [0.3, 0.4) is 0 Å². The molecule has 0 saturated heterocycles. The number of hydrogen-bond donors (Lipinski definition) is 3. The van der Waals surface area contributed by atoms with Crippen LogP contribution in [-0.2, 0) is 19.6 Å². The van der Waals surface area contributed by atoms with E-state index in [1.54, 1.807) is 73.6 Å². The predicted octanol–water partition coefficient (Wildman–Crippen LogP) is -6.27. The third-order valence-electron chi connectivity index (χ3n) is 7.15. The van der Waals surface area contributed by atoms with Crippen molar-refractivity contribution in [2.45, 2.75) is 40.4 Å². The van der Waals surface area contributed by atoms with Crippen molar-refractivity contribution in [3.8, 4) is 0 Å². The average Bonchev–Trinajstić information content (AvgIpc) is 2.92. The Kier molecular flexibility index (Phi) is 13.6. The fourth-order valence-corrected chi connectivity index (χ4v) is 4.77. The first-order valence-electron chi connectivity index (χ1n) is 12.3. The van der Waals surface area contributed by atoms with Gasteiger partial charge in [0, 0.05) is 53.1 Å². The first-order valence-corrected chi connectivity index (χ1v) is 12.3. The number of pyridine rings is 3. The average molecular weight is 768 g/mol. The molecule has 12 heteroatoms. The number of carboxylic acids is 3. The normalized spacial score (nSPS) is 10.1. The largest absolute Gasteiger partial charge is 1.00 e. The molecule has 4 rings (SSSR count). The minimum atomic E-state index is -0.980. The van der Waals surface area contributed by atoms with Crippen LogP contribution in [0.4, 0.5) is 0 Å². The number of aromatic carboxylic acids is 3. The van der Waals surface area contributed by atoms with Crippen LogP contribution in [0.15, 0.2) is 73.6 Å². The van der Waals surface area contributed by atoms with Gasteiger partial charge in [-0.2, -0.15) is 0 Å². The predicted molar refractivity (Wildman–Crippen MR) is 139 cm³/mol. The molecule has 0 fully saturated rings. The van der Waals surface area contributed by atoms with E-state index >= 15 is 0 Å². The fraction of sp³-hybridized carbons (Fsp3) is 0.200. The summed E-state index contributed by atoms with van der Waals surface area (Å²) in [6.45, 7) is 7.81. The molecule has 222 valence electrons. The maximum atomic E-state index is 11.3. The highest BCUT2D eigenvalue weighted by molar-refractivity contribution is 5.87. The standard InChI is InChI=1S/C30H27N3O6.3BrH/c1-19-25(16-31-10-4-22(5-11-31)28(34)35)20(2)27(18-33-14-8-24(9-15-33)30(38)39)21(3)26(19)17-32-12-6-23(7-13-32)29(36)37;;;/h4-15H,16-18H2,1-3H3;3*1H. The summed E-state index contributed by atoms with van der Waals surface area (Å²) in [6.07, 6.45) is 10.5. The van der Waals surface area contributed by atoms with Crippen LogP contribution < -0.4 is 64.6 Å². The Labute approximate surface area is 275 Å². The highest BCUT2D eigenvalue weighted by Gasteiger charge is 2.24. The molecule has 3 N–H and O–H groups in total. The van der Waals surface area contributed by atoms with E-state index in [9.17, 15) is 29.7 Å². The molecule has 0 bridgehead atoms.